The first-order valence-corrected chi connectivity index (χ1v) is 10.4. The van der Waals surface area contributed by atoms with Crippen LogP contribution in [-0.2, 0) is 9.59 Å². The molecule has 0 fully saturated rings. The summed E-state index contributed by atoms with van der Waals surface area (Å²) in [5, 5.41) is 3.13. The van der Waals surface area contributed by atoms with Crippen molar-refractivity contribution < 1.29 is 23.8 Å². The maximum absolute atomic E-state index is 13.1. The zero-order valence-electron chi connectivity index (χ0n) is 18.4. The summed E-state index contributed by atoms with van der Waals surface area (Å²) >= 11 is 0. The van der Waals surface area contributed by atoms with E-state index in [1.807, 2.05) is 26.0 Å². The van der Waals surface area contributed by atoms with Crippen LogP contribution in [0.5, 0.6) is 17.2 Å². The van der Waals surface area contributed by atoms with Gasteiger partial charge in [0.2, 0.25) is 0 Å². The lowest BCUT2D eigenvalue weighted by Crippen LogP contribution is -2.33. The molecule has 2 aromatic rings. The number of hydrogen-bond acceptors (Lipinski definition) is 6. The minimum Gasteiger partial charge on any atom is -0.494 e. The number of methoxy groups -OCH3 is 2. The van der Waals surface area contributed by atoms with Crippen molar-refractivity contribution in [2.24, 2.45) is 0 Å². The summed E-state index contributed by atoms with van der Waals surface area (Å²) < 4.78 is 16.3. The molecule has 164 valence electrons. The first kappa shape index (κ1) is 22.2. The van der Waals surface area contributed by atoms with Crippen molar-refractivity contribution in [2.75, 3.05) is 32.7 Å². The number of hydrogen-bond donors (Lipinski definition) is 1. The number of imide groups is 1. The molecule has 0 bridgehead atoms. The van der Waals surface area contributed by atoms with Crippen LogP contribution in [-0.4, -0.2) is 44.1 Å². The Morgan fingerprint density at radius 2 is 1.58 bits per heavy atom. The Morgan fingerprint density at radius 1 is 0.871 bits per heavy atom. The lowest BCUT2D eigenvalue weighted by Gasteiger charge is -2.14. The van der Waals surface area contributed by atoms with Crippen LogP contribution >= 0.6 is 0 Å². The molecule has 0 atom stereocenters. The number of ether oxygens (including phenoxy) is 3. The molecule has 1 aliphatic heterocycles. The Morgan fingerprint density at radius 3 is 2.19 bits per heavy atom. The van der Waals surface area contributed by atoms with Crippen molar-refractivity contribution in [1.82, 2.24) is 4.90 Å². The van der Waals surface area contributed by atoms with Crippen LogP contribution in [0.15, 0.2) is 48.2 Å². The number of carbonyl (C=O) groups is 2. The Kier molecular flexibility index (Phi) is 7.18. The molecule has 3 rings (SSSR count). The maximum atomic E-state index is 13.1. The SMILES string of the molecule is CCCOc1ccc(C2=C(Nc3ccc(OC)c(OC)c3)C(=O)N(CCC)C2=O)cc1. The molecule has 0 aliphatic carbocycles. The molecule has 2 aromatic carbocycles. The topological polar surface area (TPSA) is 77.1 Å². The summed E-state index contributed by atoms with van der Waals surface area (Å²) in [6.45, 7) is 4.95. The third-order valence-electron chi connectivity index (χ3n) is 4.88. The molecule has 2 amide bonds. The van der Waals surface area contributed by atoms with E-state index in [2.05, 4.69) is 5.32 Å². The molecule has 1 N–H and O–H groups in total. The van der Waals surface area contributed by atoms with Crippen LogP contribution in [0.1, 0.15) is 32.3 Å². The van der Waals surface area contributed by atoms with Crippen molar-refractivity contribution in [3.63, 3.8) is 0 Å². The van der Waals surface area contributed by atoms with Crippen LogP contribution in [0.25, 0.3) is 5.57 Å². The van der Waals surface area contributed by atoms with Gasteiger partial charge in [-0.25, -0.2) is 0 Å². The maximum Gasteiger partial charge on any atom is 0.278 e. The molecular formula is C24H28N2O5. The molecule has 7 heteroatoms. The van der Waals surface area contributed by atoms with Gasteiger partial charge in [0.1, 0.15) is 11.4 Å². The van der Waals surface area contributed by atoms with Crippen LogP contribution in [0.4, 0.5) is 5.69 Å². The van der Waals surface area contributed by atoms with E-state index < -0.39 is 0 Å². The van der Waals surface area contributed by atoms with Crippen molar-refractivity contribution in [3.05, 3.63) is 53.7 Å². The van der Waals surface area contributed by atoms with Gasteiger partial charge in [-0.3, -0.25) is 14.5 Å². The lowest BCUT2D eigenvalue weighted by atomic mass is 10.0. The van der Waals surface area contributed by atoms with Gasteiger partial charge in [0, 0.05) is 18.3 Å². The average molecular weight is 424 g/mol. The number of rotatable bonds is 10. The van der Waals surface area contributed by atoms with Gasteiger partial charge in [-0.1, -0.05) is 26.0 Å². The van der Waals surface area contributed by atoms with Gasteiger partial charge in [0.05, 0.1) is 26.4 Å². The summed E-state index contributed by atoms with van der Waals surface area (Å²) in [6, 6.07) is 12.5. The lowest BCUT2D eigenvalue weighted by molar-refractivity contribution is -0.136. The third kappa shape index (κ3) is 4.66. The third-order valence-corrected chi connectivity index (χ3v) is 4.88. The van der Waals surface area contributed by atoms with E-state index in [0.29, 0.717) is 47.9 Å². The normalized spacial score (nSPS) is 13.6. The van der Waals surface area contributed by atoms with Gasteiger partial charge in [-0.05, 0) is 42.7 Å². The van der Waals surface area contributed by atoms with Gasteiger partial charge in [-0.15, -0.1) is 0 Å². The molecule has 0 aromatic heterocycles. The Labute approximate surface area is 182 Å². The fourth-order valence-electron chi connectivity index (χ4n) is 3.38. The second-order valence-electron chi connectivity index (χ2n) is 7.08. The molecule has 1 heterocycles. The Balaban J connectivity index is 2.00. The largest absolute Gasteiger partial charge is 0.494 e. The van der Waals surface area contributed by atoms with E-state index in [9.17, 15) is 9.59 Å². The van der Waals surface area contributed by atoms with E-state index in [1.54, 1.807) is 44.6 Å². The molecule has 0 saturated carbocycles. The highest BCUT2D eigenvalue weighted by atomic mass is 16.5. The Bertz CT molecular complexity index is 982. The second kappa shape index (κ2) is 10.0. The summed E-state index contributed by atoms with van der Waals surface area (Å²) in [5.41, 5.74) is 1.86. The summed E-state index contributed by atoms with van der Waals surface area (Å²) in [5.74, 6) is 1.17. The Hall–Kier alpha value is -3.48. The average Bonchev–Trinajstić information content (AvgIpc) is 3.02. The number of nitrogens with one attached hydrogen (secondary N) is 1. The number of carbonyl (C=O) groups excluding carboxylic acids is 2. The zero-order chi connectivity index (χ0) is 22.4. The zero-order valence-corrected chi connectivity index (χ0v) is 18.4. The van der Waals surface area contributed by atoms with Crippen LogP contribution in [0.2, 0.25) is 0 Å². The number of anilines is 1. The molecule has 0 spiro atoms. The summed E-state index contributed by atoms with van der Waals surface area (Å²) in [6.07, 6.45) is 1.59. The fourth-order valence-corrected chi connectivity index (χ4v) is 3.38. The molecule has 7 nitrogen and oxygen atoms in total. The highest BCUT2D eigenvalue weighted by Crippen LogP contribution is 2.34. The number of amides is 2. The summed E-state index contributed by atoms with van der Waals surface area (Å²) in [4.78, 5) is 27.5. The first-order valence-electron chi connectivity index (χ1n) is 10.4. The molecular weight excluding hydrogens is 396 g/mol. The first-order chi connectivity index (χ1) is 15.0. The van der Waals surface area contributed by atoms with E-state index in [-0.39, 0.29) is 17.5 Å². The minimum atomic E-state index is -0.344. The standard InChI is InChI=1S/C24H28N2O5/c1-5-13-26-23(27)21(16-7-10-18(11-8-16)31-14-6-2)22(24(26)28)25-17-9-12-19(29-3)20(15-17)30-4/h7-12,15,25H,5-6,13-14H2,1-4H3. The summed E-state index contributed by atoms with van der Waals surface area (Å²) in [7, 11) is 3.10. The van der Waals surface area contributed by atoms with Crippen molar-refractivity contribution in [1.29, 1.82) is 0 Å². The molecule has 1 aliphatic rings. The van der Waals surface area contributed by atoms with E-state index in [1.165, 1.54) is 4.90 Å². The van der Waals surface area contributed by atoms with Crippen molar-refractivity contribution in [3.8, 4) is 17.2 Å². The quantitative estimate of drug-likeness (QED) is 0.579. The van der Waals surface area contributed by atoms with Crippen LogP contribution in [0.3, 0.4) is 0 Å². The molecule has 0 saturated heterocycles. The second-order valence-corrected chi connectivity index (χ2v) is 7.08. The molecule has 0 unspecified atom stereocenters. The predicted octanol–water partition coefficient (Wildman–Crippen LogP) is 4.09. The van der Waals surface area contributed by atoms with Crippen molar-refractivity contribution >= 4 is 23.1 Å². The van der Waals surface area contributed by atoms with Gasteiger partial charge in [-0.2, -0.15) is 0 Å². The van der Waals surface area contributed by atoms with Crippen molar-refractivity contribution in [2.45, 2.75) is 26.7 Å². The van der Waals surface area contributed by atoms with E-state index >= 15 is 0 Å². The fraction of sp³-hybridized carbons (Fsp3) is 0.333. The highest BCUT2D eigenvalue weighted by molar-refractivity contribution is 6.36. The monoisotopic (exact) mass is 424 g/mol. The van der Waals surface area contributed by atoms with E-state index in [0.717, 1.165) is 12.2 Å². The van der Waals surface area contributed by atoms with E-state index in [4.69, 9.17) is 14.2 Å². The van der Waals surface area contributed by atoms with Gasteiger partial charge < -0.3 is 19.5 Å². The van der Waals surface area contributed by atoms with Gasteiger partial charge in [0.25, 0.3) is 11.8 Å². The minimum absolute atomic E-state index is 0.243. The predicted molar refractivity (Wildman–Crippen MR) is 119 cm³/mol. The van der Waals surface area contributed by atoms with Crippen LogP contribution < -0.4 is 19.5 Å². The number of nitrogens with zero attached hydrogens (tertiary/aromatic N) is 1. The number of benzene rings is 2. The van der Waals surface area contributed by atoms with Gasteiger partial charge >= 0.3 is 0 Å². The highest BCUT2D eigenvalue weighted by Gasteiger charge is 2.38. The van der Waals surface area contributed by atoms with Crippen LogP contribution in [0, 0.1) is 0 Å². The van der Waals surface area contributed by atoms with Gasteiger partial charge in [0.15, 0.2) is 11.5 Å². The smallest absolute Gasteiger partial charge is 0.278 e. The molecule has 0 radical (unpaired) electrons. The molecule has 31 heavy (non-hydrogen) atoms.